The molecule has 0 aliphatic carbocycles. The second kappa shape index (κ2) is 3.46. The van der Waals surface area contributed by atoms with E-state index in [9.17, 15) is 14.4 Å². The minimum atomic E-state index is -1.50. The molecule has 0 spiro atoms. The van der Waals surface area contributed by atoms with Gasteiger partial charge in [-0.25, -0.2) is 9.59 Å². The van der Waals surface area contributed by atoms with Crippen LogP contribution in [0.5, 0.6) is 0 Å². The van der Waals surface area contributed by atoms with Crippen LogP contribution in [0.15, 0.2) is 31.7 Å². The summed E-state index contributed by atoms with van der Waals surface area (Å²) in [4.78, 5) is 36.2. The first-order valence-corrected chi connectivity index (χ1v) is 3.95. The Morgan fingerprint density at radius 3 is 2.69 bits per heavy atom. The number of carbonyl (C=O) groups is 3. The predicted molar refractivity (Wildman–Crippen MR) is 49.0 cm³/mol. The third-order valence-electron chi connectivity index (χ3n) is 1.74. The van der Waals surface area contributed by atoms with Crippen LogP contribution in [0, 0.1) is 0 Å². The summed E-state index contributed by atoms with van der Waals surface area (Å²) < 4.78 is 0. The Morgan fingerprint density at radius 2 is 2.12 bits per heavy atom. The number of hydrogen-bond acceptors (Lipinski definition) is 6. The van der Waals surface area contributed by atoms with E-state index < -0.39 is 23.6 Å². The van der Waals surface area contributed by atoms with Crippen molar-refractivity contribution in [2.75, 3.05) is 0 Å². The molecule has 0 bridgehead atoms. The van der Waals surface area contributed by atoms with E-state index in [0.717, 1.165) is 6.21 Å². The fraction of sp³-hybridized carbons (Fsp3) is 0. The second-order valence-corrected chi connectivity index (χ2v) is 2.72. The molecule has 9 nitrogen and oxygen atoms in total. The zero-order chi connectivity index (χ0) is 11.7. The third kappa shape index (κ3) is 1.49. The number of carboxylic acid groups (broad SMARTS) is 1. The molecule has 0 aromatic rings. The average Bonchev–Trinajstić information content (AvgIpc) is 2.69. The first-order chi connectivity index (χ1) is 7.59. The van der Waals surface area contributed by atoms with E-state index in [0.29, 0.717) is 0 Å². The summed E-state index contributed by atoms with van der Waals surface area (Å²) in [6.45, 7) is 0. The van der Waals surface area contributed by atoms with Crippen molar-refractivity contribution in [3.05, 3.63) is 11.3 Å². The van der Waals surface area contributed by atoms with Gasteiger partial charge in [-0.3, -0.25) is 10.1 Å². The number of nitrogens with one attached hydrogen (secondary N) is 1. The van der Waals surface area contributed by atoms with Gasteiger partial charge in [0.05, 0.1) is 6.21 Å². The molecule has 80 valence electrons. The number of nitrogens with zero attached hydrogens (tertiary/aromatic N) is 4. The van der Waals surface area contributed by atoms with Crippen molar-refractivity contribution in [2.24, 2.45) is 20.4 Å². The van der Waals surface area contributed by atoms with Crippen LogP contribution in [0.3, 0.4) is 0 Å². The number of aliphatic carboxylic acids is 1. The predicted octanol–water partition coefficient (Wildman–Crippen LogP) is -0.532. The number of imide groups is 1. The number of allylic oxidation sites excluding steroid dienone is 1. The van der Waals surface area contributed by atoms with Crippen LogP contribution in [0.1, 0.15) is 0 Å². The molecule has 16 heavy (non-hydrogen) atoms. The molecule has 3 amide bonds. The van der Waals surface area contributed by atoms with Gasteiger partial charge in [0.1, 0.15) is 11.3 Å². The fourth-order valence-corrected chi connectivity index (χ4v) is 1.14. The van der Waals surface area contributed by atoms with Gasteiger partial charge in [-0.15, -0.1) is 10.2 Å². The number of rotatable bonds is 1. The van der Waals surface area contributed by atoms with Crippen molar-refractivity contribution in [3.63, 3.8) is 0 Å². The normalized spacial score (nSPS) is 23.4. The quantitative estimate of drug-likeness (QED) is 0.575. The van der Waals surface area contributed by atoms with Crippen LogP contribution < -0.4 is 5.32 Å². The van der Waals surface area contributed by atoms with Crippen LogP contribution >= 0.6 is 0 Å². The molecule has 2 heterocycles. The fourth-order valence-electron chi connectivity index (χ4n) is 1.14. The molecule has 2 aliphatic rings. The first-order valence-electron chi connectivity index (χ1n) is 3.95. The highest BCUT2D eigenvalue weighted by Gasteiger charge is 2.32. The van der Waals surface area contributed by atoms with Gasteiger partial charge in [0.15, 0.2) is 5.71 Å². The van der Waals surface area contributed by atoms with Crippen LogP contribution in [-0.2, 0) is 9.59 Å². The Bertz CT molecular complexity index is 513. The second-order valence-electron chi connectivity index (χ2n) is 2.72. The number of aliphatic imine (C=N–C) groups is 1. The van der Waals surface area contributed by atoms with Gasteiger partial charge in [-0.05, 0) is 5.22 Å². The van der Waals surface area contributed by atoms with Crippen LogP contribution in [0.2, 0.25) is 0 Å². The van der Waals surface area contributed by atoms with E-state index in [1.165, 1.54) is 0 Å². The van der Waals surface area contributed by atoms with E-state index in [2.05, 4.69) is 20.4 Å². The maximum atomic E-state index is 11.4. The topological polar surface area (TPSA) is 133 Å². The molecule has 2 rings (SSSR count). The van der Waals surface area contributed by atoms with Crippen molar-refractivity contribution in [1.29, 1.82) is 0 Å². The number of urea groups is 1. The maximum absolute atomic E-state index is 11.4. The van der Waals surface area contributed by atoms with Crippen LogP contribution in [0.25, 0.3) is 0 Å². The highest BCUT2D eigenvalue weighted by Crippen LogP contribution is 2.15. The van der Waals surface area contributed by atoms with Gasteiger partial charge in [0, 0.05) is 0 Å². The SMILES string of the molecule is O=C1N=C(C(=O)O)C(=C2C=NN=N2)C(=O)N1. The molecule has 0 unspecified atom stereocenters. The Labute approximate surface area is 87.3 Å². The Hall–Kier alpha value is -2.71. The summed E-state index contributed by atoms with van der Waals surface area (Å²) in [5.74, 6) is -2.39. The van der Waals surface area contributed by atoms with Crippen molar-refractivity contribution < 1.29 is 19.5 Å². The smallest absolute Gasteiger partial charge is 0.355 e. The molecule has 2 N–H and O–H groups in total. The number of hydrogen-bond donors (Lipinski definition) is 2. The van der Waals surface area contributed by atoms with Gasteiger partial charge in [0.2, 0.25) is 0 Å². The molecule has 0 atom stereocenters. The van der Waals surface area contributed by atoms with Crippen LogP contribution in [-0.4, -0.2) is 34.9 Å². The third-order valence-corrected chi connectivity index (χ3v) is 1.74. The zero-order valence-corrected chi connectivity index (χ0v) is 7.54. The van der Waals surface area contributed by atoms with E-state index in [1.807, 2.05) is 5.32 Å². The van der Waals surface area contributed by atoms with Crippen molar-refractivity contribution in [2.45, 2.75) is 0 Å². The van der Waals surface area contributed by atoms with Crippen molar-refractivity contribution >= 4 is 29.8 Å². The van der Waals surface area contributed by atoms with E-state index in [4.69, 9.17) is 5.11 Å². The van der Waals surface area contributed by atoms with E-state index in [-0.39, 0.29) is 11.3 Å². The standard InChI is InChI=1S/C7H3N5O4/c13-5-3(2-1-8-12-11-2)4(6(14)15)9-7(16)10-5/h1H,(H,14,15)(H,10,13,16). The molecular formula is C7H3N5O4. The van der Waals surface area contributed by atoms with Gasteiger partial charge in [0.25, 0.3) is 5.91 Å². The summed E-state index contributed by atoms with van der Waals surface area (Å²) >= 11 is 0. The van der Waals surface area contributed by atoms with Crippen molar-refractivity contribution in [1.82, 2.24) is 5.32 Å². The lowest BCUT2D eigenvalue weighted by atomic mass is 10.1. The number of carbonyl (C=O) groups excluding carboxylic acids is 2. The van der Waals surface area contributed by atoms with E-state index in [1.54, 1.807) is 0 Å². The molecule has 9 heteroatoms. The number of carboxylic acids is 1. The zero-order valence-electron chi connectivity index (χ0n) is 7.54. The van der Waals surface area contributed by atoms with E-state index >= 15 is 0 Å². The lowest BCUT2D eigenvalue weighted by Crippen LogP contribution is -2.40. The Kier molecular flexibility index (Phi) is 2.12. The molecule has 0 fully saturated rings. The molecule has 2 aliphatic heterocycles. The van der Waals surface area contributed by atoms with Crippen molar-refractivity contribution in [3.8, 4) is 0 Å². The lowest BCUT2D eigenvalue weighted by Gasteiger charge is -2.11. The van der Waals surface area contributed by atoms with Gasteiger partial charge >= 0.3 is 12.0 Å². The lowest BCUT2D eigenvalue weighted by molar-refractivity contribution is -0.129. The Balaban J connectivity index is 2.62. The maximum Gasteiger partial charge on any atom is 0.355 e. The Morgan fingerprint density at radius 1 is 1.38 bits per heavy atom. The highest BCUT2D eigenvalue weighted by atomic mass is 16.4. The average molecular weight is 221 g/mol. The summed E-state index contributed by atoms with van der Waals surface area (Å²) in [5.41, 5.74) is -1.06. The molecule has 0 saturated heterocycles. The van der Waals surface area contributed by atoms with Gasteiger partial charge in [-0.1, -0.05) is 0 Å². The van der Waals surface area contributed by atoms with Gasteiger partial charge < -0.3 is 5.11 Å². The summed E-state index contributed by atoms with van der Waals surface area (Å²) in [7, 11) is 0. The molecule has 0 radical (unpaired) electrons. The molecule has 0 aromatic heterocycles. The number of amides is 3. The molecule has 0 aromatic carbocycles. The summed E-state index contributed by atoms with van der Waals surface area (Å²) in [5, 5.41) is 20.6. The largest absolute Gasteiger partial charge is 0.476 e. The highest BCUT2D eigenvalue weighted by molar-refractivity contribution is 6.53. The molecule has 0 saturated carbocycles. The monoisotopic (exact) mass is 221 g/mol. The summed E-state index contributed by atoms with van der Waals surface area (Å²) in [6, 6.07) is -1.03. The van der Waals surface area contributed by atoms with Gasteiger partial charge in [-0.2, -0.15) is 4.99 Å². The minimum absolute atomic E-state index is 0.0499. The molecular weight excluding hydrogens is 218 g/mol. The first kappa shape index (κ1) is 9.83. The summed E-state index contributed by atoms with van der Waals surface area (Å²) in [6.07, 6.45) is 1.10. The van der Waals surface area contributed by atoms with Crippen LogP contribution in [0.4, 0.5) is 4.79 Å². The minimum Gasteiger partial charge on any atom is -0.476 e.